The van der Waals surface area contributed by atoms with Gasteiger partial charge in [-0.15, -0.1) is 0 Å². The number of piperazine rings is 1. The first-order valence-electron chi connectivity index (χ1n) is 10.0. The van der Waals surface area contributed by atoms with Crippen LogP contribution in [0.2, 0.25) is 0 Å². The Morgan fingerprint density at radius 1 is 1.10 bits per heavy atom. The Morgan fingerprint density at radius 3 is 2.32 bits per heavy atom. The van der Waals surface area contributed by atoms with E-state index in [0.29, 0.717) is 31.9 Å². The van der Waals surface area contributed by atoms with Gasteiger partial charge >= 0.3 is 11.7 Å². The minimum atomic E-state index is -3.86. The highest BCUT2D eigenvalue weighted by Crippen LogP contribution is 2.37. The van der Waals surface area contributed by atoms with E-state index >= 15 is 0 Å². The number of urea groups is 1. The van der Waals surface area contributed by atoms with Gasteiger partial charge in [0.05, 0.1) is 21.5 Å². The molecule has 0 spiro atoms. The quantitative estimate of drug-likeness (QED) is 0.592. The topological polar surface area (TPSA) is 139 Å². The average Bonchev–Trinajstić information content (AvgIpc) is 3.42. The maximum atomic E-state index is 13.0. The van der Waals surface area contributed by atoms with Crippen molar-refractivity contribution in [3.05, 3.63) is 33.0 Å². The van der Waals surface area contributed by atoms with Gasteiger partial charge in [0.2, 0.25) is 10.0 Å². The van der Waals surface area contributed by atoms with Crippen molar-refractivity contribution in [1.29, 1.82) is 0 Å². The number of fused-ring (bicyclic) bond motifs is 1. The first-order valence-corrected chi connectivity index (χ1v) is 11.5. The third kappa shape index (κ3) is 4.17. The van der Waals surface area contributed by atoms with Crippen molar-refractivity contribution in [1.82, 2.24) is 24.5 Å². The number of anilines is 1. The highest BCUT2D eigenvalue weighted by molar-refractivity contribution is 7.89. The fraction of sp³-hybridized carbons (Fsp3) is 0.526. The maximum Gasteiger partial charge on any atom is 0.326 e. The van der Waals surface area contributed by atoms with Crippen LogP contribution < -0.4 is 20.9 Å². The van der Waals surface area contributed by atoms with Crippen molar-refractivity contribution < 1.29 is 13.2 Å². The van der Waals surface area contributed by atoms with Gasteiger partial charge in [-0.3, -0.25) is 9.78 Å². The molecule has 4 rings (SSSR count). The van der Waals surface area contributed by atoms with Gasteiger partial charge in [0.15, 0.2) is 0 Å². The second-order valence-corrected chi connectivity index (χ2v) is 10.3. The number of carbonyl (C=O) groups is 1. The number of nitrogens with one attached hydrogen (secondary N) is 3. The first kappa shape index (κ1) is 21.4. The molecule has 2 amide bonds. The molecule has 31 heavy (non-hydrogen) atoms. The maximum absolute atomic E-state index is 13.0. The summed E-state index contributed by atoms with van der Waals surface area (Å²) in [5, 5.41) is 0.0882. The molecular formula is C19H26N6O5S. The zero-order valence-corrected chi connectivity index (χ0v) is 18.5. The predicted molar refractivity (Wildman–Crippen MR) is 116 cm³/mol. The molecule has 0 atom stereocenters. The van der Waals surface area contributed by atoms with Crippen LogP contribution in [0.15, 0.2) is 26.6 Å². The molecule has 2 aromatic rings. The number of hydrogen-bond acceptors (Lipinski definition) is 6. The van der Waals surface area contributed by atoms with Crippen molar-refractivity contribution in [2.75, 3.05) is 45.2 Å². The Bertz CT molecular complexity index is 1250. The van der Waals surface area contributed by atoms with E-state index in [2.05, 4.69) is 14.7 Å². The van der Waals surface area contributed by atoms with Gasteiger partial charge in [0.1, 0.15) is 0 Å². The number of rotatable bonds is 4. The van der Waals surface area contributed by atoms with E-state index in [0.717, 1.165) is 12.8 Å². The number of benzene rings is 1. The smallest absolute Gasteiger partial charge is 0.326 e. The molecule has 1 aliphatic heterocycles. The zero-order chi connectivity index (χ0) is 22.6. The van der Waals surface area contributed by atoms with E-state index in [1.54, 1.807) is 19.0 Å². The lowest BCUT2D eigenvalue weighted by Gasteiger charge is -2.37. The van der Waals surface area contributed by atoms with E-state index in [-0.39, 0.29) is 21.8 Å². The minimum Gasteiger partial charge on any atom is -0.366 e. The lowest BCUT2D eigenvalue weighted by atomic mass is 10.1. The fourth-order valence-corrected chi connectivity index (χ4v) is 5.24. The molecule has 1 aromatic heterocycles. The summed E-state index contributed by atoms with van der Waals surface area (Å²) < 4.78 is 28.7. The largest absolute Gasteiger partial charge is 0.366 e. The molecule has 0 unspecified atom stereocenters. The molecule has 1 aromatic carbocycles. The lowest BCUT2D eigenvalue weighted by molar-refractivity contribution is 0.168. The predicted octanol–water partition coefficient (Wildman–Crippen LogP) is -0.149. The van der Waals surface area contributed by atoms with Gasteiger partial charge in [-0.25, -0.2) is 22.7 Å². The minimum absolute atomic E-state index is 0.0347. The number of aromatic amines is 2. The van der Waals surface area contributed by atoms with Crippen molar-refractivity contribution in [2.45, 2.75) is 30.2 Å². The third-order valence-corrected chi connectivity index (χ3v) is 7.38. The zero-order valence-electron chi connectivity index (χ0n) is 17.7. The molecular weight excluding hydrogens is 424 g/mol. The summed E-state index contributed by atoms with van der Waals surface area (Å²) in [5.41, 5.74) is -1.07. The van der Waals surface area contributed by atoms with Crippen LogP contribution in [0.25, 0.3) is 10.9 Å². The SMILES string of the molecule is CN(C)C(=O)N1CCN(c2cc(S(=O)(=O)NC3(C)CC3)cc3c(=O)[nH]c(=O)[nH]c23)CC1. The van der Waals surface area contributed by atoms with Crippen LogP contribution in [-0.4, -0.2) is 80.0 Å². The van der Waals surface area contributed by atoms with E-state index in [1.165, 1.54) is 17.0 Å². The summed E-state index contributed by atoms with van der Waals surface area (Å²) in [5.74, 6) is 0. The van der Waals surface area contributed by atoms with Gasteiger partial charge in [-0.1, -0.05) is 0 Å². The molecule has 2 heterocycles. The lowest BCUT2D eigenvalue weighted by Crippen LogP contribution is -2.51. The van der Waals surface area contributed by atoms with E-state index in [1.807, 2.05) is 11.8 Å². The van der Waals surface area contributed by atoms with Crippen molar-refractivity contribution in [3.8, 4) is 0 Å². The van der Waals surface area contributed by atoms with Crippen LogP contribution in [-0.2, 0) is 10.0 Å². The van der Waals surface area contributed by atoms with Gasteiger partial charge < -0.3 is 19.7 Å². The second kappa shape index (κ2) is 7.38. The molecule has 3 N–H and O–H groups in total. The van der Waals surface area contributed by atoms with Crippen LogP contribution >= 0.6 is 0 Å². The molecule has 168 valence electrons. The number of H-pyrrole nitrogens is 2. The number of nitrogens with zero attached hydrogens (tertiary/aromatic N) is 3. The fourth-order valence-electron chi connectivity index (χ4n) is 3.73. The van der Waals surface area contributed by atoms with Gasteiger partial charge in [0.25, 0.3) is 5.56 Å². The Balaban J connectivity index is 1.76. The van der Waals surface area contributed by atoms with Crippen LogP contribution in [0.5, 0.6) is 0 Å². The van der Waals surface area contributed by atoms with Crippen LogP contribution in [0.4, 0.5) is 10.5 Å². The van der Waals surface area contributed by atoms with Crippen molar-refractivity contribution in [3.63, 3.8) is 0 Å². The monoisotopic (exact) mass is 450 g/mol. The highest BCUT2D eigenvalue weighted by Gasteiger charge is 2.41. The number of sulfonamides is 1. The average molecular weight is 451 g/mol. The summed E-state index contributed by atoms with van der Waals surface area (Å²) in [7, 11) is -0.500. The number of carbonyl (C=O) groups excluding carboxylic acids is 1. The van der Waals surface area contributed by atoms with Crippen molar-refractivity contribution in [2.24, 2.45) is 0 Å². The summed E-state index contributed by atoms with van der Waals surface area (Å²) in [6.45, 7) is 3.55. The summed E-state index contributed by atoms with van der Waals surface area (Å²) >= 11 is 0. The first-order chi connectivity index (χ1) is 14.5. The highest BCUT2D eigenvalue weighted by atomic mass is 32.2. The number of hydrogen-bond donors (Lipinski definition) is 3. The van der Waals surface area contributed by atoms with Crippen molar-refractivity contribution >= 4 is 32.6 Å². The summed E-state index contributed by atoms with van der Waals surface area (Å²) in [6.07, 6.45) is 1.50. The molecule has 1 aliphatic carbocycles. The third-order valence-electron chi connectivity index (χ3n) is 5.77. The molecule has 0 radical (unpaired) electrons. The molecule has 2 fully saturated rings. The van der Waals surface area contributed by atoms with Gasteiger partial charge in [-0.05, 0) is 31.9 Å². The Labute approximate surface area is 179 Å². The number of amides is 2. The molecule has 2 aliphatic rings. The van der Waals surface area contributed by atoms with E-state index in [9.17, 15) is 22.8 Å². The van der Waals surface area contributed by atoms with E-state index < -0.39 is 26.8 Å². The molecule has 0 bridgehead atoms. The normalized spacial score (nSPS) is 18.3. The Morgan fingerprint density at radius 2 is 1.74 bits per heavy atom. The van der Waals surface area contributed by atoms with Crippen LogP contribution in [0.3, 0.4) is 0 Å². The summed E-state index contributed by atoms with van der Waals surface area (Å²) in [4.78, 5) is 46.4. The Hall–Kier alpha value is -2.86. The Kier molecular flexibility index (Phi) is 5.09. The van der Waals surface area contributed by atoms with Gasteiger partial charge in [0, 0.05) is 45.8 Å². The standard InChI is InChI=1S/C19H26N6O5S/c1-19(4-5-19)22-31(29,30)12-10-13-15(20-17(27)21-16(13)26)14(11-12)24-6-8-25(9-7-24)18(28)23(2)3/h10-11,22H,4-9H2,1-3H3,(H2,20,21,26,27). The van der Waals surface area contributed by atoms with E-state index in [4.69, 9.17) is 0 Å². The van der Waals surface area contributed by atoms with Crippen LogP contribution in [0, 0.1) is 0 Å². The molecule has 1 saturated heterocycles. The summed E-state index contributed by atoms with van der Waals surface area (Å²) in [6, 6.07) is 2.66. The molecule has 11 nitrogen and oxygen atoms in total. The second-order valence-electron chi connectivity index (χ2n) is 8.59. The van der Waals surface area contributed by atoms with Crippen LogP contribution in [0.1, 0.15) is 19.8 Å². The van der Waals surface area contributed by atoms with Gasteiger partial charge in [-0.2, -0.15) is 0 Å². The molecule has 12 heteroatoms. The number of aromatic nitrogens is 2. The molecule has 1 saturated carbocycles.